The second-order valence-electron chi connectivity index (χ2n) is 5.87. The Balaban J connectivity index is 2.15. The van der Waals surface area contributed by atoms with Gasteiger partial charge in [0.15, 0.2) is 5.71 Å². The summed E-state index contributed by atoms with van der Waals surface area (Å²) < 4.78 is 68.2. The van der Waals surface area contributed by atoms with Crippen molar-refractivity contribution in [1.82, 2.24) is 9.78 Å². The second kappa shape index (κ2) is 6.29. The molecule has 0 bridgehead atoms. The average molecular weight is 384 g/mol. The summed E-state index contributed by atoms with van der Waals surface area (Å²) in [6.45, 7) is 1.67. The van der Waals surface area contributed by atoms with E-state index in [1.165, 1.54) is 35.0 Å². The highest BCUT2D eigenvalue weighted by Gasteiger charge is 2.64. The number of hydrazone groups is 1. The third-order valence-electron chi connectivity index (χ3n) is 3.96. The summed E-state index contributed by atoms with van der Waals surface area (Å²) in [7, 11) is 1.57. The molecule has 1 aromatic heterocycles. The molecule has 0 saturated heterocycles. The van der Waals surface area contributed by atoms with Gasteiger partial charge in [0.2, 0.25) is 0 Å². The quantitative estimate of drug-likeness (QED) is 0.598. The third kappa shape index (κ3) is 3.22. The van der Waals surface area contributed by atoms with E-state index in [-0.39, 0.29) is 11.4 Å². The number of nitrogens with zero attached hydrogens (tertiary/aromatic N) is 4. The van der Waals surface area contributed by atoms with E-state index in [1.54, 1.807) is 20.0 Å². The maximum Gasteiger partial charge on any atom is 0.459 e. The smallest absolute Gasteiger partial charge is 0.272 e. The number of rotatable bonds is 3. The molecule has 142 valence electrons. The molecular weight excluding hydrogens is 371 g/mol. The number of halogens is 5. The van der Waals surface area contributed by atoms with E-state index in [1.807, 2.05) is 0 Å². The monoisotopic (exact) mass is 384 g/mol. The first-order valence-corrected chi connectivity index (χ1v) is 7.68. The molecule has 27 heavy (non-hydrogen) atoms. The Morgan fingerprint density at radius 3 is 2.22 bits per heavy atom. The highest BCUT2D eigenvalue weighted by atomic mass is 19.4. The Labute approximate surface area is 150 Å². The van der Waals surface area contributed by atoms with Gasteiger partial charge in [0.05, 0.1) is 17.0 Å². The minimum absolute atomic E-state index is 0.0681. The summed E-state index contributed by atoms with van der Waals surface area (Å²) in [6.07, 6.45) is -5.02. The molecule has 2 heterocycles. The first-order valence-electron chi connectivity index (χ1n) is 7.68. The van der Waals surface area contributed by atoms with Gasteiger partial charge in [-0.3, -0.25) is 9.48 Å². The van der Waals surface area contributed by atoms with Crippen molar-refractivity contribution in [3.63, 3.8) is 0 Å². The molecule has 0 atom stereocenters. The number of benzene rings is 1. The van der Waals surface area contributed by atoms with Gasteiger partial charge in [-0.1, -0.05) is 18.2 Å². The van der Waals surface area contributed by atoms with Crippen molar-refractivity contribution in [3.05, 3.63) is 53.4 Å². The van der Waals surface area contributed by atoms with Gasteiger partial charge in [-0.05, 0) is 31.2 Å². The van der Waals surface area contributed by atoms with Crippen molar-refractivity contribution in [2.24, 2.45) is 12.1 Å². The van der Waals surface area contributed by atoms with Crippen LogP contribution in [0.25, 0.3) is 6.08 Å². The first kappa shape index (κ1) is 18.7. The van der Waals surface area contributed by atoms with Crippen LogP contribution in [0.4, 0.5) is 27.6 Å². The summed E-state index contributed by atoms with van der Waals surface area (Å²) in [5.74, 6) is -6.40. The van der Waals surface area contributed by atoms with Gasteiger partial charge in [-0.25, -0.2) is 0 Å². The molecule has 1 amide bonds. The number of carbonyl (C=O) groups is 1. The molecule has 0 aliphatic carbocycles. The number of para-hydroxylation sites is 1. The zero-order valence-electron chi connectivity index (χ0n) is 14.1. The van der Waals surface area contributed by atoms with Crippen molar-refractivity contribution in [2.75, 3.05) is 5.01 Å². The summed E-state index contributed by atoms with van der Waals surface area (Å²) >= 11 is 0. The number of carbonyl (C=O) groups excluding carboxylic acids is 1. The van der Waals surface area contributed by atoms with Crippen LogP contribution < -0.4 is 5.01 Å². The van der Waals surface area contributed by atoms with Crippen LogP contribution in [0.15, 0.2) is 47.1 Å². The second-order valence-corrected chi connectivity index (χ2v) is 5.87. The third-order valence-corrected chi connectivity index (χ3v) is 3.96. The number of alkyl halides is 5. The maximum absolute atomic E-state index is 14.0. The molecule has 0 spiro atoms. The lowest BCUT2D eigenvalue weighted by molar-refractivity contribution is -0.248. The van der Waals surface area contributed by atoms with Crippen LogP contribution in [0.3, 0.4) is 0 Å². The van der Waals surface area contributed by atoms with Gasteiger partial charge in [0.25, 0.3) is 5.91 Å². The van der Waals surface area contributed by atoms with Crippen molar-refractivity contribution in [1.29, 1.82) is 0 Å². The molecule has 0 radical (unpaired) electrons. The number of aryl methyl sites for hydroxylation is 2. The molecule has 1 aliphatic heterocycles. The van der Waals surface area contributed by atoms with E-state index >= 15 is 0 Å². The highest BCUT2D eigenvalue weighted by molar-refractivity contribution is 6.34. The van der Waals surface area contributed by atoms with E-state index in [4.69, 9.17) is 0 Å². The van der Waals surface area contributed by atoms with Gasteiger partial charge in [0, 0.05) is 12.7 Å². The number of hydrogen-bond donors (Lipinski definition) is 0. The molecule has 3 rings (SSSR count). The summed E-state index contributed by atoms with van der Waals surface area (Å²) in [5, 5.41) is 7.81. The number of aromatic nitrogens is 2. The van der Waals surface area contributed by atoms with Crippen LogP contribution in [-0.4, -0.2) is 33.5 Å². The zero-order valence-corrected chi connectivity index (χ0v) is 14.1. The number of hydrogen-bond acceptors (Lipinski definition) is 3. The zero-order chi connectivity index (χ0) is 20.0. The van der Waals surface area contributed by atoms with Gasteiger partial charge >= 0.3 is 12.1 Å². The Kier molecular flexibility index (Phi) is 4.37. The van der Waals surface area contributed by atoms with Crippen molar-refractivity contribution >= 4 is 23.4 Å². The lowest BCUT2D eigenvalue weighted by Gasteiger charge is -2.19. The molecule has 5 nitrogen and oxygen atoms in total. The maximum atomic E-state index is 14.0. The highest BCUT2D eigenvalue weighted by Crippen LogP contribution is 2.41. The lowest BCUT2D eigenvalue weighted by atomic mass is 10.0. The molecule has 1 aliphatic rings. The van der Waals surface area contributed by atoms with E-state index in [2.05, 4.69) is 10.2 Å². The summed E-state index contributed by atoms with van der Waals surface area (Å²) in [6, 6.07) is 8.81. The van der Waals surface area contributed by atoms with Gasteiger partial charge in [-0.15, -0.1) is 0 Å². The van der Waals surface area contributed by atoms with E-state index in [0.29, 0.717) is 10.7 Å². The molecule has 2 aromatic rings. The van der Waals surface area contributed by atoms with E-state index < -0.39 is 29.3 Å². The van der Waals surface area contributed by atoms with Gasteiger partial charge in [0.1, 0.15) is 0 Å². The molecular formula is C17H13F5N4O. The van der Waals surface area contributed by atoms with Crippen LogP contribution in [0.1, 0.15) is 11.4 Å². The van der Waals surface area contributed by atoms with Crippen molar-refractivity contribution < 1.29 is 26.7 Å². The Morgan fingerprint density at radius 1 is 1.07 bits per heavy atom. The first-order chi connectivity index (χ1) is 12.5. The molecule has 0 saturated carbocycles. The number of anilines is 1. The Hall–Kier alpha value is -3.04. The van der Waals surface area contributed by atoms with Crippen molar-refractivity contribution in [3.8, 4) is 0 Å². The van der Waals surface area contributed by atoms with Crippen LogP contribution in [0, 0.1) is 6.92 Å². The van der Waals surface area contributed by atoms with E-state index in [0.717, 1.165) is 6.08 Å². The van der Waals surface area contributed by atoms with Crippen LogP contribution >= 0.6 is 0 Å². The predicted octanol–water partition coefficient (Wildman–Crippen LogP) is 3.71. The summed E-state index contributed by atoms with van der Waals surface area (Å²) in [5.41, 5.74) is -1.75. The Bertz CT molecular complexity index is 924. The molecule has 0 fully saturated rings. The molecule has 1 aromatic carbocycles. The fraction of sp³-hybridized carbons (Fsp3) is 0.235. The standard InChI is InChI=1S/C17H13F5N4O/c1-10-8-11(23-25(10)2)9-13-14(16(18,19)17(20,21)22)24-26(15(13)27)12-6-4-3-5-7-12/h3-9H,1-2H3/b13-9+. The van der Waals surface area contributed by atoms with Crippen LogP contribution in [0.2, 0.25) is 0 Å². The minimum atomic E-state index is -5.90. The Morgan fingerprint density at radius 2 is 1.70 bits per heavy atom. The predicted molar refractivity (Wildman–Crippen MR) is 88.3 cm³/mol. The normalized spacial score (nSPS) is 17.0. The molecule has 10 heteroatoms. The fourth-order valence-corrected chi connectivity index (χ4v) is 2.46. The van der Waals surface area contributed by atoms with Crippen LogP contribution in [-0.2, 0) is 11.8 Å². The largest absolute Gasteiger partial charge is 0.459 e. The van der Waals surface area contributed by atoms with Crippen molar-refractivity contribution in [2.45, 2.75) is 19.0 Å². The molecule has 0 unspecified atom stereocenters. The lowest BCUT2D eigenvalue weighted by Crippen LogP contribution is -2.44. The van der Waals surface area contributed by atoms with E-state index in [9.17, 15) is 26.7 Å². The average Bonchev–Trinajstić information content (AvgIpc) is 3.08. The molecule has 0 N–H and O–H groups in total. The SMILES string of the molecule is Cc1cc(/C=C2/C(=O)N(c3ccccc3)N=C2C(F)(F)C(F)(F)F)nn1C. The van der Waals surface area contributed by atoms with Gasteiger partial charge < -0.3 is 0 Å². The number of amides is 1. The topological polar surface area (TPSA) is 50.5 Å². The fourth-order valence-electron chi connectivity index (χ4n) is 2.46. The van der Waals surface area contributed by atoms with Crippen LogP contribution in [0.5, 0.6) is 0 Å². The summed E-state index contributed by atoms with van der Waals surface area (Å²) in [4.78, 5) is 12.6. The van der Waals surface area contributed by atoms with Gasteiger partial charge in [-0.2, -0.15) is 37.2 Å². The minimum Gasteiger partial charge on any atom is -0.272 e.